The molecule has 2 aromatic rings. The lowest BCUT2D eigenvalue weighted by Gasteiger charge is -2.19. The summed E-state index contributed by atoms with van der Waals surface area (Å²) in [5.41, 5.74) is 0.689. The number of ether oxygens (including phenoxy) is 1. The average molecular weight is 291 g/mol. The number of carbonyl (C=O) groups excluding carboxylic acids is 1. The molecule has 0 aromatic carbocycles. The maximum Gasteiger partial charge on any atom is 0.326 e. The summed E-state index contributed by atoms with van der Waals surface area (Å²) in [5, 5.41) is 0. The summed E-state index contributed by atoms with van der Waals surface area (Å²) in [6.45, 7) is 7.31. The van der Waals surface area contributed by atoms with E-state index >= 15 is 0 Å². The van der Waals surface area contributed by atoms with Crippen molar-refractivity contribution >= 4 is 5.97 Å². The molecule has 0 N–H and O–H groups in total. The molecule has 0 saturated carbocycles. The van der Waals surface area contributed by atoms with Crippen molar-refractivity contribution in [3.8, 4) is 11.3 Å². The maximum atomic E-state index is 13.1. The van der Waals surface area contributed by atoms with Crippen LogP contribution in [0, 0.1) is 12.9 Å². The van der Waals surface area contributed by atoms with E-state index in [1.54, 1.807) is 23.8 Å². The second-order valence-electron chi connectivity index (χ2n) is 5.75. The van der Waals surface area contributed by atoms with Crippen LogP contribution in [0.15, 0.2) is 24.5 Å². The first-order valence-corrected chi connectivity index (χ1v) is 6.62. The van der Waals surface area contributed by atoms with Gasteiger partial charge in [0.2, 0.25) is 5.95 Å². The Labute approximate surface area is 122 Å². The summed E-state index contributed by atoms with van der Waals surface area (Å²) in [5.74, 6) is -0.240. The molecule has 6 heteroatoms. The van der Waals surface area contributed by atoms with Crippen LogP contribution in [0.5, 0.6) is 0 Å². The molecule has 0 saturated heterocycles. The van der Waals surface area contributed by atoms with Crippen molar-refractivity contribution in [1.29, 1.82) is 0 Å². The van der Waals surface area contributed by atoms with Crippen LogP contribution in [0.2, 0.25) is 0 Å². The summed E-state index contributed by atoms with van der Waals surface area (Å²) in [7, 11) is 0. The van der Waals surface area contributed by atoms with Crippen LogP contribution in [0.1, 0.15) is 26.6 Å². The third kappa shape index (κ3) is 4.11. The molecule has 5 nitrogen and oxygen atoms in total. The van der Waals surface area contributed by atoms with Crippen LogP contribution in [0.3, 0.4) is 0 Å². The second kappa shape index (κ2) is 5.63. The molecule has 0 fully saturated rings. The highest BCUT2D eigenvalue weighted by Gasteiger charge is 2.17. The van der Waals surface area contributed by atoms with Gasteiger partial charge in [-0.3, -0.25) is 4.79 Å². The van der Waals surface area contributed by atoms with Gasteiger partial charge < -0.3 is 9.30 Å². The number of pyridine rings is 1. The predicted octanol–water partition coefficient (Wildman–Crippen LogP) is 2.73. The molecule has 2 rings (SSSR count). The first-order chi connectivity index (χ1) is 9.74. The molecule has 0 radical (unpaired) electrons. The first-order valence-electron chi connectivity index (χ1n) is 6.62. The summed E-state index contributed by atoms with van der Waals surface area (Å²) in [6, 6.07) is 2.97. The van der Waals surface area contributed by atoms with Crippen molar-refractivity contribution in [1.82, 2.24) is 14.5 Å². The SMILES string of the molecule is Cc1nc(-c2ccnc(F)c2)cn1CC(=O)OC(C)(C)C. The monoisotopic (exact) mass is 291 g/mol. The molecule has 0 aliphatic carbocycles. The van der Waals surface area contributed by atoms with Crippen LogP contribution < -0.4 is 0 Å². The molecule has 0 amide bonds. The highest BCUT2D eigenvalue weighted by molar-refractivity contribution is 5.70. The fourth-order valence-electron chi connectivity index (χ4n) is 1.88. The smallest absolute Gasteiger partial charge is 0.326 e. The Balaban J connectivity index is 2.18. The molecule has 112 valence electrons. The Kier molecular flexibility index (Phi) is 4.06. The molecule has 21 heavy (non-hydrogen) atoms. The van der Waals surface area contributed by atoms with Gasteiger partial charge in [0.1, 0.15) is 18.0 Å². The van der Waals surface area contributed by atoms with Gasteiger partial charge in [-0.15, -0.1) is 0 Å². The molecule has 0 unspecified atom stereocenters. The molecular formula is C15H18FN3O2. The molecule has 0 bridgehead atoms. The van der Waals surface area contributed by atoms with E-state index in [-0.39, 0.29) is 12.5 Å². The lowest BCUT2D eigenvalue weighted by Crippen LogP contribution is -2.26. The molecule has 2 aromatic heterocycles. The molecule has 2 heterocycles. The van der Waals surface area contributed by atoms with E-state index in [1.165, 1.54) is 12.3 Å². The summed E-state index contributed by atoms with van der Waals surface area (Å²) in [6.07, 6.45) is 3.08. The van der Waals surface area contributed by atoms with Crippen molar-refractivity contribution in [2.24, 2.45) is 0 Å². The lowest BCUT2D eigenvalue weighted by atomic mass is 10.2. The minimum atomic E-state index is -0.563. The van der Waals surface area contributed by atoms with Gasteiger partial charge >= 0.3 is 5.97 Å². The Morgan fingerprint density at radius 2 is 2.14 bits per heavy atom. The Bertz CT molecular complexity index is 659. The summed E-state index contributed by atoms with van der Waals surface area (Å²) < 4.78 is 20.1. The van der Waals surface area contributed by atoms with Gasteiger partial charge in [-0.05, 0) is 33.8 Å². The molecular weight excluding hydrogens is 273 g/mol. The standard InChI is InChI=1S/C15H18FN3O2/c1-10-18-12(11-5-6-17-13(16)7-11)8-19(10)9-14(20)21-15(2,3)4/h5-8H,9H2,1-4H3. The van der Waals surface area contributed by atoms with Crippen molar-refractivity contribution < 1.29 is 13.9 Å². The Morgan fingerprint density at radius 3 is 2.76 bits per heavy atom. The van der Waals surface area contributed by atoms with Crippen LogP contribution in [-0.4, -0.2) is 26.1 Å². The Morgan fingerprint density at radius 1 is 1.43 bits per heavy atom. The predicted molar refractivity (Wildman–Crippen MR) is 76.0 cm³/mol. The summed E-state index contributed by atoms with van der Waals surface area (Å²) in [4.78, 5) is 19.7. The number of carbonyl (C=O) groups is 1. The molecule has 0 spiro atoms. The number of aryl methyl sites for hydroxylation is 1. The maximum absolute atomic E-state index is 13.1. The summed E-state index contributed by atoms with van der Waals surface area (Å²) >= 11 is 0. The van der Waals surface area contributed by atoms with Crippen molar-refractivity contribution in [2.45, 2.75) is 39.8 Å². The quantitative estimate of drug-likeness (QED) is 0.644. The van der Waals surface area contributed by atoms with Gasteiger partial charge in [0.25, 0.3) is 0 Å². The second-order valence-corrected chi connectivity index (χ2v) is 5.75. The van der Waals surface area contributed by atoms with Crippen LogP contribution in [0.25, 0.3) is 11.3 Å². The van der Waals surface area contributed by atoms with Gasteiger partial charge in [-0.1, -0.05) is 0 Å². The van der Waals surface area contributed by atoms with E-state index in [0.29, 0.717) is 17.1 Å². The third-order valence-corrected chi connectivity index (χ3v) is 2.72. The minimum Gasteiger partial charge on any atom is -0.459 e. The number of hydrogen-bond donors (Lipinski definition) is 0. The van der Waals surface area contributed by atoms with Gasteiger partial charge in [0.15, 0.2) is 0 Å². The van der Waals surface area contributed by atoms with Crippen molar-refractivity contribution in [3.05, 3.63) is 36.3 Å². The number of hydrogen-bond acceptors (Lipinski definition) is 4. The van der Waals surface area contributed by atoms with Gasteiger partial charge in [0, 0.05) is 24.0 Å². The number of nitrogens with zero attached hydrogens (tertiary/aromatic N) is 3. The van der Waals surface area contributed by atoms with Crippen LogP contribution in [0.4, 0.5) is 4.39 Å². The van der Waals surface area contributed by atoms with Crippen LogP contribution >= 0.6 is 0 Å². The lowest BCUT2D eigenvalue weighted by molar-refractivity contribution is -0.155. The fraction of sp³-hybridized carbons (Fsp3) is 0.400. The molecule has 0 aliphatic heterocycles. The van der Waals surface area contributed by atoms with Gasteiger partial charge in [-0.2, -0.15) is 4.39 Å². The zero-order chi connectivity index (χ0) is 15.6. The van der Waals surface area contributed by atoms with E-state index in [4.69, 9.17) is 4.74 Å². The minimum absolute atomic E-state index is 0.0731. The average Bonchev–Trinajstić information content (AvgIpc) is 2.68. The van der Waals surface area contributed by atoms with E-state index < -0.39 is 11.5 Å². The zero-order valence-corrected chi connectivity index (χ0v) is 12.6. The van der Waals surface area contributed by atoms with E-state index in [9.17, 15) is 9.18 Å². The van der Waals surface area contributed by atoms with Crippen molar-refractivity contribution in [3.63, 3.8) is 0 Å². The number of rotatable bonds is 3. The van der Waals surface area contributed by atoms with E-state index in [1.807, 2.05) is 20.8 Å². The van der Waals surface area contributed by atoms with Gasteiger partial charge in [-0.25, -0.2) is 9.97 Å². The first kappa shape index (κ1) is 15.2. The van der Waals surface area contributed by atoms with Crippen molar-refractivity contribution in [2.75, 3.05) is 0 Å². The number of esters is 1. The normalized spacial score (nSPS) is 11.5. The third-order valence-electron chi connectivity index (χ3n) is 2.72. The Hall–Kier alpha value is -2.24. The van der Waals surface area contributed by atoms with E-state index in [2.05, 4.69) is 9.97 Å². The molecule has 0 atom stereocenters. The number of halogens is 1. The molecule has 0 aliphatic rings. The zero-order valence-electron chi connectivity index (χ0n) is 12.6. The fourth-order valence-corrected chi connectivity index (χ4v) is 1.88. The highest BCUT2D eigenvalue weighted by atomic mass is 19.1. The van der Waals surface area contributed by atoms with Gasteiger partial charge in [0.05, 0.1) is 5.69 Å². The van der Waals surface area contributed by atoms with Crippen LogP contribution in [-0.2, 0) is 16.1 Å². The topological polar surface area (TPSA) is 57.0 Å². The number of imidazole rings is 1. The largest absolute Gasteiger partial charge is 0.459 e. The highest BCUT2D eigenvalue weighted by Crippen LogP contribution is 2.19. The number of aromatic nitrogens is 3. The van der Waals surface area contributed by atoms with E-state index in [0.717, 1.165) is 0 Å².